The van der Waals surface area contributed by atoms with Crippen molar-refractivity contribution in [1.29, 1.82) is 0 Å². The van der Waals surface area contributed by atoms with E-state index in [1.807, 2.05) is 54.9 Å². The third-order valence-electron chi connectivity index (χ3n) is 7.87. The average Bonchev–Trinajstić information content (AvgIpc) is 3.04. The Bertz CT molecular complexity index is 2040. The molecule has 7 rings (SSSR count). The normalized spacial score (nSPS) is 11.0. The van der Waals surface area contributed by atoms with Crippen LogP contribution in [-0.2, 0) is 25.5 Å². The number of benzene rings is 5. The minimum absolute atomic E-state index is 0. The van der Waals surface area contributed by atoms with E-state index in [1.54, 1.807) is 0 Å². The van der Waals surface area contributed by atoms with Crippen LogP contribution in [0.2, 0.25) is 0 Å². The molecular formula is C42H36IrN2-2. The van der Waals surface area contributed by atoms with Crippen LogP contribution in [0, 0.1) is 26.0 Å². The summed E-state index contributed by atoms with van der Waals surface area (Å²) in [6.45, 7) is 11.0. The molecule has 0 N–H and O–H groups in total. The van der Waals surface area contributed by atoms with Crippen LogP contribution in [-0.4, -0.2) is 9.97 Å². The molecular weight excluding hydrogens is 725 g/mol. The van der Waals surface area contributed by atoms with E-state index in [0.717, 1.165) is 22.5 Å². The topological polar surface area (TPSA) is 25.8 Å². The Morgan fingerprint density at radius 3 is 1.78 bits per heavy atom. The molecule has 2 heterocycles. The fourth-order valence-corrected chi connectivity index (χ4v) is 5.60. The first-order chi connectivity index (χ1) is 21.2. The molecule has 45 heavy (non-hydrogen) atoms. The zero-order valence-corrected chi connectivity index (χ0v) is 28.7. The van der Waals surface area contributed by atoms with Crippen molar-refractivity contribution in [3.8, 4) is 33.6 Å². The first-order valence-corrected chi connectivity index (χ1v) is 15.1. The van der Waals surface area contributed by atoms with Crippen LogP contribution < -0.4 is 0 Å². The maximum absolute atomic E-state index is 4.43. The maximum atomic E-state index is 4.43. The summed E-state index contributed by atoms with van der Waals surface area (Å²) in [6.07, 6.45) is 3.63. The predicted molar refractivity (Wildman–Crippen MR) is 186 cm³/mol. The Kier molecular flexibility index (Phi) is 9.73. The van der Waals surface area contributed by atoms with E-state index in [0.29, 0.717) is 0 Å². The molecule has 0 bridgehead atoms. The number of fused-ring (bicyclic) bond motifs is 3. The third kappa shape index (κ3) is 7.45. The molecule has 2 nitrogen and oxygen atoms in total. The minimum Gasteiger partial charge on any atom is -0.305 e. The van der Waals surface area contributed by atoms with Gasteiger partial charge in [-0.1, -0.05) is 115 Å². The van der Waals surface area contributed by atoms with Crippen molar-refractivity contribution in [3.05, 3.63) is 156 Å². The molecule has 0 fully saturated rings. The number of hydrogen-bond donors (Lipinski definition) is 0. The molecule has 5 aromatic carbocycles. The number of nitrogens with zero attached hydrogens (tertiary/aromatic N) is 2. The monoisotopic (exact) mass is 761 g/mol. The summed E-state index contributed by atoms with van der Waals surface area (Å²) in [5.74, 6) is 0. The second kappa shape index (κ2) is 13.7. The van der Waals surface area contributed by atoms with Crippen LogP contribution in [0.3, 0.4) is 0 Å². The van der Waals surface area contributed by atoms with Gasteiger partial charge in [0.1, 0.15) is 0 Å². The van der Waals surface area contributed by atoms with Crippen molar-refractivity contribution in [1.82, 2.24) is 9.97 Å². The second-order valence-electron chi connectivity index (χ2n) is 12.4. The van der Waals surface area contributed by atoms with Crippen molar-refractivity contribution >= 4 is 21.5 Å². The van der Waals surface area contributed by atoms with Crippen molar-refractivity contribution in [2.24, 2.45) is 0 Å². The molecule has 0 atom stereocenters. The number of rotatable bonds is 3. The molecule has 225 valence electrons. The molecule has 0 spiro atoms. The van der Waals surface area contributed by atoms with Crippen LogP contribution in [0.1, 0.15) is 37.5 Å². The predicted octanol–water partition coefficient (Wildman–Crippen LogP) is 11.0. The zero-order chi connectivity index (χ0) is 30.7. The van der Waals surface area contributed by atoms with Gasteiger partial charge >= 0.3 is 0 Å². The minimum atomic E-state index is 0. The molecule has 0 aliphatic rings. The molecule has 0 aliphatic heterocycles. The molecule has 7 aromatic rings. The van der Waals surface area contributed by atoms with Gasteiger partial charge in [-0.25, -0.2) is 0 Å². The summed E-state index contributed by atoms with van der Waals surface area (Å²) in [7, 11) is 0. The molecule has 0 unspecified atom stereocenters. The number of pyridine rings is 2. The summed E-state index contributed by atoms with van der Waals surface area (Å²) >= 11 is 0. The first kappa shape index (κ1) is 32.0. The van der Waals surface area contributed by atoms with Gasteiger partial charge < -0.3 is 9.97 Å². The van der Waals surface area contributed by atoms with E-state index in [2.05, 4.69) is 130 Å². The third-order valence-corrected chi connectivity index (χ3v) is 7.87. The number of aryl methyl sites for hydroxylation is 2. The Labute approximate surface area is 280 Å². The SMILES string of the molecule is CC(C)(C)c1ccc2c(ccc3cc(-c4ccccn4)[c-]cc32)c1.Cc1cc(C)cc(-c2cc[c-]c(-c3ccccn3)c2)c1.[Ir]. The summed E-state index contributed by atoms with van der Waals surface area (Å²) < 4.78 is 0. The van der Waals surface area contributed by atoms with E-state index in [4.69, 9.17) is 0 Å². The van der Waals surface area contributed by atoms with Gasteiger partial charge in [0.25, 0.3) is 0 Å². The molecule has 0 saturated heterocycles. The first-order valence-electron chi connectivity index (χ1n) is 15.1. The molecule has 1 radical (unpaired) electrons. The smallest absolute Gasteiger partial charge is 0.0160 e. The molecule has 2 aromatic heterocycles. The largest absolute Gasteiger partial charge is 0.305 e. The van der Waals surface area contributed by atoms with E-state index in [9.17, 15) is 0 Å². The summed E-state index contributed by atoms with van der Waals surface area (Å²) in [6, 6.07) is 46.9. The number of hydrogen-bond acceptors (Lipinski definition) is 2. The Balaban J connectivity index is 0.000000177. The van der Waals surface area contributed by atoms with Gasteiger partial charge in [0.2, 0.25) is 0 Å². The van der Waals surface area contributed by atoms with Gasteiger partial charge in [0.05, 0.1) is 0 Å². The fraction of sp³-hybridized carbons (Fsp3) is 0.143. The zero-order valence-electron chi connectivity index (χ0n) is 26.4. The van der Waals surface area contributed by atoms with Crippen LogP contribution in [0.5, 0.6) is 0 Å². The summed E-state index contributed by atoms with van der Waals surface area (Å²) in [5.41, 5.74) is 10.5. The average molecular weight is 761 g/mol. The molecule has 0 saturated carbocycles. The van der Waals surface area contributed by atoms with Gasteiger partial charge in [0, 0.05) is 32.5 Å². The van der Waals surface area contributed by atoms with Gasteiger partial charge in [0.15, 0.2) is 0 Å². The van der Waals surface area contributed by atoms with E-state index in [1.165, 1.54) is 49.4 Å². The summed E-state index contributed by atoms with van der Waals surface area (Å²) in [4.78, 5) is 8.81. The standard InChI is InChI=1S/C23H20N.C19H16N.Ir/c1-23(2,3)19-10-12-21-17(15-19)8-7-16-14-18(9-11-20(16)21)22-6-4-5-13-24-22;1-14-10-15(2)12-18(11-14)16-6-5-7-17(13-16)19-8-3-4-9-20-19;/h4-8,10-15H,1-3H3;3-6,8-13H,1-2H3;/q2*-1;. The fourth-order valence-electron chi connectivity index (χ4n) is 5.60. The van der Waals surface area contributed by atoms with Gasteiger partial charge in [-0.2, -0.15) is 0 Å². The van der Waals surface area contributed by atoms with Crippen molar-refractivity contribution < 1.29 is 20.1 Å². The van der Waals surface area contributed by atoms with Crippen molar-refractivity contribution in [2.75, 3.05) is 0 Å². The van der Waals surface area contributed by atoms with Gasteiger partial charge in [-0.15, -0.1) is 64.5 Å². The van der Waals surface area contributed by atoms with Crippen LogP contribution in [0.4, 0.5) is 0 Å². The van der Waals surface area contributed by atoms with Crippen LogP contribution in [0.15, 0.2) is 128 Å². The summed E-state index contributed by atoms with van der Waals surface area (Å²) in [5, 5.41) is 5.04. The van der Waals surface area contributed by atoms with Gasteiger partial charge in [-0.05, 0) is 59.3 Å². The van der Waals surface area contributed by atoms with Crippen molar-refractivity contribution in [3.63, 3.8) is 0 Å². The van der Waals surface area contributed by atoms with Gasteiger partial charge in [-0.3, -0.25) is 0 Å². The molecule has 3 heteroatoms. The number of aromatic nitrogens is 2. The quantitative estimate of drug-likeness (QED) is 0.132. The molecule has 0 aliphatic carbocycles. The maximum Gasteiger partial charge on any atom is 0.0160 e. The van der Waals surface area contributed by atoms with Crippen molar-refractivity contribution in [2.45, 2.75) is 40.0 Å². The van der Waals surface area contributed by atoms with Crippen LogP contribution in [0.25, 0.3) is 55.2 Å². The molecule has 0 amide bonds. The van der Waals surface area contributed by atoms with E-state index < -0.39 is 0 Å². The van der Waals surface area contributed by atoms with E-state index >= 15 is 0 Å². The van der Waals surface area contributed by atoms with E-state index in [-0.39, 0.29) is 25.5 Å². The Morgan fingerprint density at radius 1 is 0.556 bits per heavy atom. The van der Waals surface area contributed by atoms with Crippen LogP contribution >= 0.6 is 0 Å². The second-order valence-corrected chi connectivity index (χ2v) is 12.4. The Hall–Kier alpha value is -4.43. The Morgan fingerprint density at radius 2 is 1.18 bits per heavy atom.